The van der Waals surface area contributed by atoms with Crippen molar-refractivity contribution < 1.29 is 14.3 Å². The highest BCUT2D eigenvalue weighted by Crippen LogP contribution is 2.32. The second-order valence-corrected chi connectivity index (χ2v) is 6.61. The summed E-state index contributed by atoms with van der Waals surface area (Å²) in [6.45, 7) is 5.73. The number of anilines is 2. The topological polar surface area (TPSA) is 72.5 Å². The highest BCUT2D eigenvalue weighted by atomic mass is 35.5. The monoisotopic (exact) mass is 429 g/mol. The van der Waals surface area contributed by atoms with Gasteiger partial charge >= 0.3 is 0 Å². The van der Waals surface area contributed by atoms with Gasteiger partial charge in [0.05, 0.1) is 23.1 Å². The fraction of sp³-hybridized carbons (Fsp3) is 0.304. The summed E-state index contributed by atoms with van der Waals surface area (Å²) in [6.07, 6.45) is 2.63. The number of hydrogen-bond acceptors (Lipinski definition) is 5. The van der Waals surface area contributed by atoms with Crippen LogP contribution in [-0.2, 0) is 16.1 Å². The van der Waals surface area contributed by atoms with Crippen molar-refractivity contribution in [3.05, 3.63) is 60.3 Å². The highest BCUT2D eigenvalue weighted by molar-refractivity contribution is 6.03. The highest BCUT2D eigenvalue weighted by Gasteiger charge is 2.12. The largest absolute Gasteiger partial charge is 0.489 e. The molecule has 0 aliphatic carbocycles. The lowest BCUT2D eigenvalue weighted by Gasteiger charge is -2.16. The number of ether oxygens (including phenoxy) is 2. The molecular weight excluding hydrogens is 402 g/mol. The SMILES string of the molecule is CCCNc1c(NC(=O)COCC)cnc2ccc(OCc3ccccc3)cc12.Cl. The molecule has 0 aliphatic rings. The van der Waals surface area contributed by atoms with Gasteiger partial charge in [0.1, 0.15) is 19.0 Å². The number of carbonyl (C=O) groups excluding carboxylic acids is 1. The molecule has 6 nitrogen and oxygen atoms in total. The smallest absolute Gasteiger partial charge is 0.250 e. The molecule has 2 aromatic carbocycles. The lowest BCUT2D eigenvalue weighted by Crippen LogP contribution is -2.19. The van der Waals surface area contributed by atoms with Crippen LogP contribution in [0.15, 0.2) is 54.7 Å². The minimum absolute atomic E-state index is 0. The third-order valence-corrected chi connectivity index (χ3v) is 4.35. The van der Waals surface area contributed by atoms with E-state index in [0.717, 1.165) is 40.9 Å². The Morgan fingerprint density at radius 2 is 1.90 bits per heavy atom. The lowest BCUT2D eigenvalue weighted by atomic mass is 10.1. The van der Waals surface area contributed by atoms with E-state index in [1.807, 2.05) is 55.5 Å². The molecular formula is C23H28ClN3O3. The second kappa shape index (κ2) is 12.0. The van der Waals surface area contributed by atoms with E-state index in [1.54, 1.807) is 6.20 Å². The van der Waals surface area contributed by atoms with Crippen LogP contribution >= 0.6 is 12.4 Å². The molecule has 0 fully saturated rings. The lowest BCUT2D eigenvalue weighted by molar-refractivity contribution is -0.120. The Hall–Kier alpha value is -2.83. The molecule has 2 N–H and O–H groups in total. The molecule has 160 valence electrons. The summed E-state index contributed by atoms with van der Waals surface area (Å²) in [7, 11) is 0. The Morgan fingerprint density at radius 3 is 2.63 bits per heavy atom. The van der Waals surface area contributed by atoms with Crippen molar-refractivity contribution in [2.45, 2.75) is 26.9 Å². The summed E-state index contributed by atoms with van der Waals surface area (Å²) < 4.78 is 11.2. The number of benzene rings is 2. The number of amides is 1. The van der Waals surface area contributed by atoms with E-state index in [1.165, 1.54) is 0 Å². The minimum atomic E-state index is -0.205. The summed E-state index contributed by atoms with van der Waals surface area (Å²) in [5.74, 6) is 0.546. The molecule has 0 radical (unpaired) electrons. The molecule has 30 heavy (non-hydrogen) atoms. The van der Waals surface area contributed by atoms with E-state index in [9.17, 15) is 4.79 Å². The third-order valence-electron chi connectivity index (χ3n) is 4.35. The van der Waals surface area contributed by atoms with Crippen LogP contribution in [0.5, 0.6) is 5.75 Å². The first-order valence-electron chi connectivity index (χ1n) is 9.92. The third kappa shape index (κ3) is 6.34. The number of fused-ring (bicyclic) bond motifs is 1. The number of rotatable bonds is 10. The van der Waals surface area contributed by atoms with E-state index in [0.29, 0.717) is 18.9 Å². The van der Waals surface area contributed by atoms with Crippen LogP contribution < -0.4 is 15.4 Å². The van der Waals surface area contributed by atoms with E-state index in [4.69, 9.17) is 9.47 Å². The summed E-state index contributed by atoms with van der Waals surface area (Å²) in [6, 6.07) is 15.8. The van der Waals surface area contributed by atoms with Crippen LogP contribution in [0.4, 0.5) is 11.4 Å². The van der Waals surface area contributed by atoms with Gasteiger partial charge in [0, 0.05) is 18.5 Å². The van der Waals surface area contributed by atoms with E-state index < -0.39 is 0 Å². The fourth-order valence-corrected chi connectivity index (χ4v) is 2.92. The maximum atomic E-state index is 12.1. The average molecular weight is 430 g/mol. The predicted octanol–water partition coefficient (Wildman–Crippen LogP) is 5.03. The van der Waals surface area contributed by atoms with Crippen molar-refractivity contribution in [2.24, 2.45) is 0 Å². The van der Waals surface area contributed by atoms with Crippen LogP contribution in [-0.4, -0.2) is 30.6 Å². The molecule has 0 spiro atoms. The van der Waals surface area contributed by atoms with E-state index in [2.05, 4.69) is 22.5 Å². The van der Waals surface area contributed by atoms with Gasteiger partial charge in [-0.05, 0) is 37.1 Å². The Labute approximate surface area is 183 Å². The molecule has 3 rings (SSSR count). The average Bonchev–Trinajstić information content (AvgIpc) is 2.76. The Balaban J connectivity index is 0.00000320. The van der Waals surface area contributed by atoms with Crippen LogP contribution in [0.2, 0.25) is 0 Å². The molecule has 0 aliphatic heterocycles. The van der Waals surface area contributed by atoms with Gasteiger partial charge in [-0.1, -0.05) is 37.3 Å². The molecule has 0 atom stereocenters. The molecule has 0 saturated heterocycles. The zero-order chi connectivity index (χ0) is 20.5. The molecule has 1 aromatic heterocycles. The number of hydrogen-bond donors (Lipinski definition) is 2. The first-order chi connectivity index (χ1) is 14.2. The van der Waals surface area contributed by atoms with Gasteiger partial charge in [-0.25, -0.2) is 0 Å². The number of carbonyl (C=O) groups is 1. The van der Waals surface area contributed by atoms with E-state index >= 15 is 0 Å². The molecule has 0 saturated carbocycles. The van der Waals surface area contributed by atoms with Crippen LogP contribution in [0, 0.1) is 0 Å². The minimum Gasteiger partial charge on any atom is -0.489 e. The van der Waals surface area contributed by atoms with Gasteiger partial charge in [0.25, 0.3) is 0 Å². The van der Waals surface area contributed by atoms with Gasteiger partial charge in [-0.2, -0.15) is 0 Å². The number of pyridine rings is 1. The quantitative estimate of drug-likeness (QED) is 0.472. The fourth-order valence-electron chi connectivity index (χ4n) is 2.92. The summed E-state index contributed by atoms with van der Waals surface area (Å²) in [5, 5.41) is 7.21. The Bertz CT molecular complexity index is 951. The number of halogens is 1. The van der Waals surface area contributed by atoms with Crippen LogP contribution in [0.3, 0.4) is 0 Å². The van der Waals surface area contributed by atoms with Gasteiger partial charge in [0.2, 0.25) is 5.91 Å². The first-order valence-corrected chi connectivity index (χ1v) is 9.92. The van der Waals surface area contributed by atoms with Crippen molar-refractivity contribution in [2.75, 3.05) is 30.4 Å². The summed E-state index contributed by atoms with van der Waals surface area (Å²) in [4.78, 5) is 16.6. The van der Waals surface area contributed by atoms with Gasteiger partial charge in [-0.3, -0.25) is 9.78 Å². The van der Waals surface area contributed by atoms with Crippen molar-refractivity contribution in [3.8, 4) is 5.75 Å². The maximum Gasteiger partial charge on any atom is 0.250 e. The molecule has 1 amide bonds. The van der Waals surface area contributed by atoms with Gasteiger partial charge in [0.15, 0.2) is 0 Å². The molecule has 3 aromatic rings. The normalized spacial score (nSPS) is 10.3. The van der Waals surface area contributed by atoms with Crippen molar-refractivity contribution in [1.29, 1.82) is 0 Å². The first kappa shape index (κ1) is 23.4. The van der Waals surface area contributed by atoms with E-state index in [-0.39, 0.29) is 24.9 Å². The number of nitrogens with zero attached hydrogens (tertiary/aromatic N) is 1. The predicted molar refractivity (Wildman–Crippen MR) is 124 cm³/mol. The summed E-state index contributed by atoms with van der Waals surface area (Å²) in [5.41, 5.74) is 3.41. The van der Waals surface area contributed by atoms with Crippen LogP contribution in [0.1, 0.15) is 25.8 Å². The molecule has 1 heterocycles. The zero-order valence-electron chi connectivity index (χ0n) is 17.3. The van der Waals surface area contributed by atoms with Crippen molar-refractivity contribution >= 4 is 40.6 Å². The maximum absolute atomic E-state index is 12.1. The molecule has 0 bridgehead atoms. The standard InChI is InChI=1S/C23H27N3O3.ClH/c1-3-12-24-23-19-13-18(29-15-17-8-6-5-7-9-17)10-11-20(19)25-14-21(23)26-22(27)16-28-4-2;/h5-11,13-14H,3-4,12,15-16H2,1-2H3,(H,24,25)(H,26,27);1H. The molecule has 7 heteroatoms. The van der Waals surface area contributed by atoms with Crippen molar-refractivity contribution in [3.63, 3.8) is 0 Å². The zero-order valence-corrected chi connectivity index (χ0v) is 18.1. The summed E-state index contributed by atoms with van der Waals surface area (Å²) >= 11 is 0. The van der Waals surface area contributed by atoms with Gasteiger partial charge < -0.3 is 20.1 Å². The van der Waals surface area contributed by atoms with Crippen molar-refractivity contribution in [1.82, 2.24) is 4.98 Å². The van der Waals surface area contributed by atoms with Crippen LogP contribution in [0.25, 0.3) is 10.9 Å². The Kier molecular flexibility index (Phi) is 9.38. The molecule has 0 unspecified atom stereocenters. The number of aromatic nitrogens is 1. The van der Waals surface area contributed by atoms with Gasteiger partial charge in [-0.15, -0.1) is 12.4 Å². The number of nitrogens with one attached hydrogen (secondary N) is 2. The Morgan fingerprint density at radius 1 is 1.10 bits per heavy atom. The second-order valence-electron chi connectivity index (χ2n) is 6.61.